The van der Waals surface area contributed by atoms with E-state index in [1.165, 1.54) is 6.07 Å². The molecule has 2 fully saturated rings. The van der Waals surface area contributed by atoms with E-state index in [-0.39, 0.29) is 23.8 Å². The highest BCUT2D eigenvalue weighted by Crippen LogP contribution is 2.23. The zero-order valence-electron chi connectivity index (χ0n) is 16.1. The molecule has 1 aliphatic carbocycles. The van der Waals surface area contributed by atoms with Crippen molar-refractivity contribution in [1.29, 1.82) is 0 Å². The number of benzene rings is 2. The summed E-state index contributed by atoms with van der Waals surface area (Å²) in [6.45, 7) is 0. The van der Waals surface area contributed by atoms with E-state index in [0.717, 1.165) is 37.0 Å². The van der Waals surface area contributed by atoms with E-state index < -0.39 is 17.5 Å². The molecule has 1 saturated heterocycles. The molecule has 6 nitrogen and oxygen atoms in total. The Morgan fingerprint density at radius 2 is 1.80 bits per heavy atom. The monoisotopic (exact) mass is 433 g/mol. The van der Waals surface area contributed by atoms with Crippen LogP contribution in [0.15, 0.2) is 47.5 Å². The highest BCUT2D eigenvalue weighted by atomic mass is 35.5. The maximum atomic E-state index is 13.5. The summed E-state index contributed by atoms with van der Waals surface area (Å²) >= 11 is 5.95. The molecular weight excluding hydrogens is 412 g/mol. The van der Waals surface area contributed by atoms with Crippen molar-refractivity contribution in [2.45, 2.75) is 43.9 Å². The number of rotatable bonds is 4. The second kappa shape index (κ2) is 9.07. The van der Waals surface area contributed by atoms with Crippen molar-refractivity contribution in [2.24, 2.45) is 4.99 Å². The van der Waals surface area contributed by atoms with Gasteiger partial charge in [-0.2, -0.15) is 4.99 Å². The summed E-state index contributed by atoms with van der Waals surface area (Å²) in [7, 11) is 0. The lowest BCUT2D eigenvalue weighted by Crippen LogP contribution is -2.53. The number of carbonyl (C=O) groups is 1. The summed E-state index contributed by atoms with van der Waals surface area (Å²) in [6, 6.07) is 10.9. The van der Waals surface area contributed by atoms with E-state index in [2.05, 4.69) is 26.5 Å². The third-order valence-electron chi connectivity index (χ3n) is 5.31. The van der Waals surface area contributed by atoms with Gasteiger partial charge in [-0.3, -0.25) is 4.79 Å². The predicted molar refractivity (Wildman–Crippen MR) is 111 cm³/mol. The van der Waals surface area contributed by atoms with Crippen LogP contribution in [0.25, 0.3) is 0 Å². The quantitative estimate of drug-likeness (QED) is 0.439. The number of carbonyl (C=O) groups excluding carboxylic acids is 1. The van der Waals surface area contributed by atoms with Crippen LogP contribution in [0.3, 0.4) is 0 Å². The Kier molecular flexibility index (Phi) is 6.26. The zero-order valence-corrected chi connectivity index (χ0v) is 16.8. The summed E-state index contributed by atoms with van der Waals surface area (Å²) in [4.78, 5) is 16.6. The van der Waals surface area contributed by atoms with Crippen LogP contribution in [0.1, 0.15) is 47.6 Å². The van der Waals surface area contributed by atoms with Crippen molar-refractivity contribution in [3.8, 4) is 0 Å². The lowest BCUT2D eigenvalue weighted by Gasteiger charge is -2.29. The summed E-state index contributed by atoms with van der Waals surface area (Å²) < 4.78 is 26.6. The number of hydrazine groups is 1. The zero-order chi connectivity index (χ0) is 21.1. The van der Waals surface area contributed by atoms with Crippen molar-refractivity contribution in [1.82, 2.24) is 21.5 Å². The maximum absolute atomic E-state index is 13.5. The fraction of sp³-hybridized carbons (Fsp3) is 0.333. The van der Waals surface area contributed by atoms with E-state index in [4.69, 9.17) is 11.6 Å². The molecule has 2 unspecified atom stereocenters. The van der Waals surface area contributed by atoms with Gasteiger partial charge in [0.25, 0.3) is 5.91 Å². The number of amides is 1. The van der Waals surface area contributed by atoms with Crippen LogP contribution in [0.5, 0.6) is 0 Å². The molecule has 30 heavy (non-hydrogen) atoms. The summed E-state index contributed by atoms with van der Waals surface area (Å²) in [6.07, 6.45) is 3.61. The fourth-order valence-electron chi connectivity index (χ4n) is 3.38. The van der Waals surface area contributed by atoms with Crippen LogP contribution in [0.2, 0.25) is 5.02 Å². The van der Waals surface area contributed by atoms with Crippen molar-refractivity contribution in [3.05, 3.63) is 70.2 Å². The van der Waals surface area contributed by atoms with Crippen molar-refractivity contribution >= 4 is 23.5 Å². The first kappa shape index (κ1) is 20.7. The molecule has 1 saturated carbocycles. The molecule has 4 N–H and O–H groups in total. The SMILES string of the molecule is O=C(/N=C(/NC1CCC1)NC1CC(c2ccc(Cl)cc2)NN1)c1ccc(F)c(F)c1. The molecule has 1 amide bonds. The maximum Gasteiger partial charge on any atom is 0.280 e. The molecule has 2 aliphatic rings. The average molecular weight is 434 g/mol. The number of nitrogens with one attached hydrogen (secondary N) is 4. The molecular formula is C21H22ClF2N5O. The van der Waals surface area contributed by atoms with Crippen LogP contribution in [0.4, 0.5) is 8.78 Å². The van der Waals surface area contributed by atoms with Crippen molar-refractivity contribution in [3.63, 3.8) is 0 Å². The first-order chi connectivity index (χ1) is 14.5. The molecule has 9 heteroatoms. The van der Waals surface area contributed by atoms with Gasteiger partial charge >= 0.3 is 0 Å². The van der Waals surface area contributed by atoms with Crippen LogP contribution in [-0.4, -0.2) is 24.1 Å². The summed E-state index contributed by atoms with van der Waals surface area (Å²) in [5.74, 6) is -2.42. The minimum atomic E-state index is -1.08. The lowest BCUT2D eigenvalue weighted by molar-refractivity contribution is 0.100. The Balaban J connectivity index is 1.45. The van der Waals surface area contributed by atoms with Gasteiger partial charge in [0, 0.05) is 29.1 Å². The minimum Gasteiger partial charge on any atom is -0.353 e. The molecule has 0 spiro atoms. The Bertz CT molecular complexity index is 949. The van der Waals surface area contributed by atoms with Crippen LogP contribution >= 0.6 is 11.6 Å². The minimum absolute atomic E-state index is 0.0137. The molecule has 0 aromatic heterocycles. The first-order valence-corrected chi connectivity index (χ1v) is 10.2. The molecule has 1 heterocycles. The Hall–Kier alpha value is -2.55. The van der Waals surface area contributed by atoms with Gasteiger partial charge in [-0.05, 0) is 55.2 Å². The molecule has 158 valence electrons. The normalized spacial score (nSPS) is 21.9. The lowest BCUT2D eigenvalue weighted by atomic mass is 9.93. The number of hydrogen-bond donors (Lipinski definition) is 4. The van der Waals surface area contributed by atoms with Crippen LogP contribution in [-0.2, 0) is 0 Å². The summed E-state index contributed by atoms with van der Waals surface area (Å²) in [5, 5.41) is 7.11. The van der Waals surface area contributed by atoms with Gasteiger partial charge in [-0.1, -0.05) is 23.7 Å². The van der Waals surface area contributed by atoms with E-state index in [9.17, 15) is 13.6 Å². The van der Waals surface area contributed by atoms with Crippen LogP contribution in [0, 0.1) is 11.6 Å². The molecule has 0 bridgehead atoms. The van der Waals surface area contributed by atoms with E-state index in [0.29, 0.717) is 17.4 Å². The number of aliphatic imine (C=N–C) groups is 1. The van der Waals surface area contributed by atoms with E-state index in [1.54, 1.807) is 0 Å². The molecule has 1 aliphatic heterocycles. The molecule has 0 radical (unpaired) electrons. The largest absolute Gasteiger partial charge is 0.353 e. The Labute approximate surface area is 178 Å². The number of hydrogen-bond acceptors (Lipinski definition) is 3. The van der Waals surface area contributed by atoms with Crippen molar-refractivity contribution < 1.29 is 13.6 Å². The predicted octanol–water partition coefficient (Wildman–Crippen LogP) is 3.41. The van der Waals surface area contributed by atoms with Gasteiger partial charge in [0.05, 0.1) is 6.17 Å². The van der Waals surface area contributed by atoms with Gasteiger partial charge in [0.1, 0.15) is 0 Å². The molecule has 2 atom stereocenters. The van der Waals surface area contributed by atoms with Gasteiger partial charge in [-0.15, -0.1) is 0 Å². The third kappa shape index (κ3) is 4.95. The smallest absolute Gasteiger partial charge is 0.280 e. The Morgan fingerprint density at radius 3 is 2.47 bits per heavy atom. The third-order valence-corrected chi connectivity index (χ3v) is 5.56. The highest BCUT2D eigenvalue weighted by Gasteiger charge is 2.27. The van der Waals surface area contributed by atoms with Crippen LogP contribution < -0.4 is 21.5 Å². The molecule has 4 rings (SSSR count). The number of guanidine groups is 1. The Morgan fingerprint density at radius 1 is 1.03 bits per heavy atom. The van der Waals surface area contributed by atoms with E-state index in [1.807, 2.05) is 24.3 Å². The standard InChI is InChI=1S/C21H22ClF2N5O/c22-14-7-4-12(5-8-14)18-11-19(29-28-18)26-21(25-15-2-1-3-15)27-20(30)13-6-9-16(23)17(24)10-13/h4-10,15,18-19,28-29H,1-3,11H2,(H2,25,26,27,30). The second-order valence-corrected chi connectivity index (χ2v) is 7.93. The second-order valence-electron chi connectivity index (χ2n) is 7.49. The van der Waals surface area contributed by atoms with E-state index >= 15 is 0 Å². The van der Waals surface area contributed by atoms with Crippen molar-refractivity contribution in [2.75, 3.05) is 0 Å². The first-order valence-electron chi connectivity index (χ1n) is 9.85. The number of nitrogens with zero attached hydrogens (tertiary/aromatic N) is 1. The highest BCUT2D eigenvalue weighted by molar-refractivity contribution is 6.30. The van der Waals surface area contributed by atoms with Gasteiger partial charge in [0.2, 0.25) is 5.96 Å². The summed E-state index contributed by atoms with van der Waals surface area (Å²) in [5.41, 5.74) is 7.44. The topological polar surface area (TPSA) is 77.5 Å². The average Bonchev–Trinajstić information content (AvgIpc) is 3.15. The fourth-order valence-corrected chi connectivity index (χ4v) is 3.50. The van der Waals surface area contributed by atoms with Gasteiger partial charge < -0.3 is 10.6 Å². The molecule has 2 aromatic carbocycles. The van der Waals surface area contributed by atoms with Gasteiger partial charge in [0.15, 0.2) is 11.6 Å². The number of halogens is 3. The molecule has 2 aromatic rings. The van der Waals surface area contributed by atoms with Gasteiger partial charge in [-0.25, -0.2) is 19.6 Å².